The van der Waals surface area contributed by atoms with Crippen molar-refractivity contribution in [1.82, 2.24) is 41.3 Å². The highest BCUT2D eigenvalue weighted by molar-refractivity contribution is 5.83. The number of hydrogen-bond acceptors (Lipinski definition) is 11. The van der Waals surface area contributed by atoms with E-state index in [1.165, 1.54) is 180 Å². The number of carboxylic acid groups (broad SMARTS) is 3. The fourth-order valence-corrected chi connectivity index (χ4v) is 8.97. The van der Waals surface area contributed by atoms with Crippen LogP contribution in [0.1, 0.15) is 219 Å². The van der Waals surface area contributed by atoms with Gasteiger partial charge in [-0.2, -0.15) is 0 Å². The molecule has 0 saturated carbocycles. The van der Waals surface area contributed by atoms with E-state index in [0.717, 1.165) is 38.8 Å². The van der Waals surface area contributed by atoms with Crippen LogP contribution in [-0.4, -0.2) is 170 Å². The lowest BCUT2D eigenvalue weighted by Gasteiger charge is -2.27. The van der Waals surface area contributed by atoms with Crippen LogP contribution in [0.2, 0.25) is 0 Å². The summed E-state index contributed by atoms with van der Waals surface area (Å²) in [6.45, 7) is 5.65. The minimum Gasteiger partial charge on any atom is -0.480 e. The molecule has 0 saturated heterocycles. The Kier molecular flexibility index (Phi) is 49.8. The molecule has 0 heterocycles. The minimum atomic E-state index is -1.20. The van der Waals surface area contributed by atoms with Gasteiger partial charge in [-0.25, -0.2) is 0 Å². The fraction of sp³-hybridized carbons (Fsp3) is 0.875. The summed E-state index contributed by atoms with van der Waals surface area (Å²) < 4.78 is 0. The normalized spacial score (nSPS) is 11.3. The standard InChI is InChI=1S/C56H108N8O10/c1-3-5-7-9-11-13-15-17-19-21-23-25-27-29-31-33-37-64(38-34-32-30-28-26-24-22-20-18-16-14-12-10-8-6-4-2)53(68)44-58-36-40-63(49-52(67)61-47-56(73)74)42-41-62(48-51(66)60-46-55(71)72)39-35-57-43-50(65)59-45-54(69)70/h57-58H,3-49H2,1-2H3,(H,59,65)(H,60,66)(H,61,67)(H,69,70)(H,71,72)(H,73,74). The van der Waals surface area contributed by atoms with E-state index in [1.54, 1.807) is 9.80 Å². The number of unbranched alkanes of at least 4 members (excludes halogenated alkanes) is 30. The van der Waals surface area contributed by atoms with Gasteiger partial charge in [-0.15, -0.1) is 0 Å². The molecule has 0 atom stereocenters. The van der Waals surface area contributed by atoms with Crippen LogP contribution in [-0.2, 0) is 33.6 Å². The molecule has 0 aliphatic rings. The largest absolute Gasteiger partial charge is 0.480 e. The Hall–Kier alpha value is -3.87. The highest BCUT2D eigenvalue weighted by Crippen LogP contribution is 2.16. The zero-order chi connectivity index (χ0) is 54.5. The highest BCUT2D eigenvalue weighted by Gasteiger charge is 2.18. The molecule has 18 heteroatoms. The number of hydrogen-bond donors (Lipinski definition) is 8. The van der Waals surface area contributed by atoms with E-state index < -0.39 is 55.3 Å². The Morgan fingerprint density at radius 2 is 0.581 bits per heavy atom. The maximum Gasteiger partial charge on any atom is 0.322 e. The third-order valence-electron chi connectivity index (χ3n) is 13.5. The first kappa shape index (κ1) is 70.1. The van der Waals surface area contributed by atoms with Gasteiger partial charge in [-0.3, -0.25) is 43.4 Å². The SMILES string of the molecule is CCCCCCCCCCCCCCCCCCN(CCCCCCCCCCCCCCCCCC)C(=O)CNCCN(CCN(CCNCC(=O)NCC(=O)O)CC(=O)NCC(=O)O)CC(=O)NCC(=O)O. The second-order valence-electron chi connectivity index (χ2n) is 20.4. The number of nitrogens with zero attached hydrogens (tertiary/aromatic N) is 3. The van der Waals surface area contributed by atoms with Crippen molar-refractivity contribution < 1.29 is 48.9 Å². The smallest absolute Gasteiger partial charge is 0.322 e. The summed E-state index contributed by atoms with van der Waals surface area (Å²) in [4.78, 5) is 89.6. The number of amides is 4. The average molecular weight is 1050 g/mol. The molecule has 74 heavy (non-hydrogen) atoms. The van der Waals surface area contributed by atoms with Gasteiger partial charge < -0.3 is 46.8 Å². The Morgan fingerprint density at radius 3 is 0.878 bits per heavy atom. The molecule has 0 aromatic heterocycles. The van der Waals surface area contributed by atoms with Gasteiger partial charge in [0.2, 0.25) is 23.6 Å². The summed E-state index contributed by atoms with van der Waals surface area (Å²) in [5.41, 5.74) is 0. The second-order valence-corrected chi connectivity index (χ2v) is 20.4. The van der Waals surface area contributed by atoms with Crippen molar-refractivity contribution in [3.63, 3.8) is 0 Å². The lowest BCUT2D eigenvalue weighted by Crippen LogP contribution is -2.48. The molecule has 0 rings (SSSR count). The minimum absolute atomic E-state index is 0.0420. The summed E-state index contributed by atoms with van der Waals surface area (Å²) >= 11 is 0. The zero-order valence-electron chi connectivity index (χ0n) is 46.8. The van der Waals surface area contributed by atoms with Gasteiger partial charge >= 0.3 is 17.9 Å². The molecule has 0 aliphatic heterocycles. The van der Waals surface area contributed by atoms with Gasteiger partial charge in [0.15, 0.2) is 0 Å². The predicted octanol–water partition coefficient (Wildman–Crippen LogP) is 7.72. The van der Waals surface area contributed by atoms with Gasteiger partial charge in [0.05, 0.1) is 26.2 Å². The van der Waals surface area contributed by atoms with E-state index in [9.17, 15) is 33.6 Å². The third kappa shape index (κ3) is 50.3. The molecule has 432 valence electrons. The molecule has 0 aromatic rings. The van der Waals surface area contributed by atoms with Gasteiger partial charge in [0.1, 0.15) is 19.6 Å². The maximum absolute atomic E-state index is 13.7. The van der Waals surface area contributed by atoms with Crippen LogP contribution in [0.25, 0.3) is 0 Å². The first-order valence-electron chi connectivity index (χ1n) is 29.5. The molecular weight excluding hydrogens is 945 g/mol. The Balaban J connectivity index is 5.25. The van der Waals surface area contributed by atoms with Crippen LogP contribution in [0, 0.1) is 0 Å². The van der Waals surface area contributed by atoms with E-state index >= 15 is 0 Å². The van der Waals surface area contributed by atoms with Crippen LogP contribution >= 0.6 is 0 Å². The lowest BCUT2D eigenvalue weighted by molar-refractivity contribution is -0.138. The number of rotatable bonds is 57. The summed E-state index contributed by atoms with van der Waals surface area (Å²) in [5.74, 6) is -5.09. The molecule has 0 spiro atoms. The van der Waals surface area contributed by atoms with Gasteiger partial charge in [-0.05, 0) is 12.8 Å². The molecule has 0 bridgehead atoms. The van der Waals surface area contributed by atoms with E-state index in [4.69, 9.17) is 15.3 Å². The molecule has 0 aromatic carbocycles. The molecule has 0 radical (unpaired) electrons. The first-order chi connectivity index (χ1) is 35.9. The van der Waals surface area contributed by atoms with E-state index in [0.29, 0.717) is 13.1 Å². The van der Waals surface area contributed by atoms with Gasteiger partial charge in [0, 0.05) is 52.4 Å². The van der Waals surface area contributed by atoms with Crippen molar-refractivity contribution in [3.8, 4) is 0 Å². The van der Waals surface area contributed by atoms with Crippen LogP contribution in [0.3, 0.4) is 0 Å². The van der Waals surface area contributed by atoms with E-state index in [2.05, 4.69) is 40.4 Å². The number of carbonyl (C=O) groups excluding carboxylic acids is 4. The molecule has 0 unspecified atom stereocenters. The summed E-state index contributed by atoms with van der Waals surface area (Å²) in [5, 5.41) is 40.1. The quantitative estimate of drug-likeness (QED) is 0.0272. The summed E-state index contributed by atoms with van der Waals surface area (Å²) in [6, 6.07) is 0. The van der Waals surface area contributed by atoms with Crippen LogP contribution in [0.4, 0.5) is 0 Å². The number of carbonyl (C=O) groups is 7. The second kappa shape index (κ2) is 52.6. The fourth-order valence-electron chi connectivity index (χ4n) is 8.97. The molecule has 0 aliphatic carbocycles. The lowest BCUT2D eigenvalue weighted by atomic mass is 10.0. The average Bonchev–Trinajstić information content (AvgIpc) is 3.37. The molecule has 18 nitrogen and oxygen atoms in total. The monoisotopic (exact) mass is 1050 g/mol. The summed E-state index contributed by atoms with van der Waals surface area (Å²) in [7, 11) is 0. The number of aliphatic carboxylic acids is 3. The van der Waals surface area contributed by atoms with Crippen LogP contribution in [0.15, 0.2) is 0 Å². The predicted molar refractivity (Wildman–Crippen MR) is 296 cm³/mol. The van der Waals surface area contributed by atoms with Gasteiger partial charge in [0.25, 0.3) is 0 Å². The van der Waals surface area contributed by atoms with Gasteiger partial charge in [-0.1, -0.05) is 206 Å². The van der Waals surface area contributed by atoms with Crippen molar-refractivity contribution in [2.45, 2.75) is 219 Å². The maximum atomic E-state index is 13.7. The highest BCUT2D eigenvalue weighted by atomic mass is 16.4. The Bertz CT molecular complexity index is 1390. The molecular formula is C56H108N8O10. The Labute approximate surface area is 447 Å². The topological polar surface area (TPSA) is 250 Å². The molecule has 0 fully saturated rings. The van der Waals surface area contributed by atoms with Crippen molar-refractivity contribution >= 4 is 41.5 Å². The summed E-state index contributed by atoms with van der Waals surface area (Å²) in [6.07, 6.45) is 41.4. The van der Waals surface area contributed by atoms with Crippen molar-refractivity contribution in [1.29, 1.82) is 0 Å². The van der Waals surface area contributed by atoms with E-state index in [-0.39, 0.29) is 58.3 Å². The number of nitrogens with one attached hydrogen (secondary N) is 5. The van der Waals surface area contributed by atoms with Crippen molar-refractivity contribution in [2.24, 2.45) is 0 Å². The Morgan fingerprint density at radius 1 is 0.311 bits per heavy atom. The zero-order valence-corrected chi connectivity index (χ0v) is 46.8. The third-order valence-corrected chi connectivity index (χ3v) is 13.5. The van der Waals surface area contributed by atoms with Crippen LogP contribution in [0.5, 0.6) is 0 Å². The van der Waals surface area contributed by atoms with Crippen molar-refractivity contribution in [2.75, 3.05) is 98.2 Å². The first-order valence-corrected chi connectivity index (χ1v) is 29.5. The molecule has 4 amide bonds. The van der Waals surface area contributed by atoms with Crippen LogP contribution < -0.4 is 26.6 Å². The molecule has 8 N–H and O–H groups in total. The van der Waals surface area contributed by atoms with E-state index in [1.807, 2.05) is 4.90 Å². The number of carboxylic acids is 3. The van der Waals surface area contributed by atoms with Crippen molar-refractivity contribution in [3.05, 3.63) is 0 Å².